The van der Waals surface area contributed by atoms with E-state index in [1.165, 1.54) is 18.3 Å². The number of methoxy groups -OCH3 is 1. The molecule has 0 bridgehead atoms. The molecule has 2 amide bonds. The average molecular weight is 330 g/mol. The number of carbonyl (C=O) groups is 2. The van der Waals surface area contributed by atoms with E-state index in [1.807, 2.05) is 19.1 Å². The number of likely N-dealkylation sites (tertiary alicyclic amines) is 1. The standard InChI is InChI=1S/C15H18N6O3/c1-10-8-11(5-6-12(10)21-9-16-18-19-21)17-14(22)13-4-3-7-20(13)15(23)24-2/h5-6,8-9,13H,3-4,7H2,1-2H3,(H,17,22)/t13-/m1/s1. The summed E-state index contributed by atoms with van der Waals surface area (Å²) in [6.07, 6.45) is 2.44. The normalized spacial score (nSPS) is 16.9. The Morgan fingerprint density at radius 3 is 2.88 bits per heavy atom. The third kappa shape index (κ3) is 3.05. The topological polar surface area (TPSA) is 102 Å². The van der Waals surface area contributed by atoms with E-state index in [1.54, 1.807) is 10.7 Å². The van der Waals surface area contributed by atoms with E-state index in [0.717, 1.165) is 17.7 Å². The molecule has 9 heteroatoms. The highest BCUT2D eigenvalue weighted by Gasteiger charge is 2.34. The van der Waals surface area contributed by atoms with Gasteiger partial charge in [-0.25, -0.2) is 9.48 Å². The zero-order valence-electron chi connectivity index (χ0n) is 13.5. The zero-order valence-corrected chi connectivity index (χ0v) is 13.5. The SMILES string of the molecule is COC(=O)N1CCC[C@@H]1C(=O)Nc1ccc(-n2cnnn2)c(C)c1. The van der Waals surface area contributed by atoms with Crippen molar-refractivity contribution in [1.82, 2.24) is 25.1 Å². The zero-order chi connectivity index (χ0) is 17.1. The van der Waals surface area contributed by atoms with Gasteiger partial charge < -0.3 is 10.1 Å². The molecule has 1 atom stereocenters. The van der Waals surface area contributed by atoms with Crippen LogP contribution in [0, 0.1) is 6.92 Å². The Morgan fingerprint density at radius 2 is 2.21 bits per heavy atom. The highest BCUT2D eigenvalue weighted by atomic mass is 16.5. The number of benzene rings is 1. The highest BCUT2D eigenvalue weighted by Crippen LogP contribution is 2.22. The molecule has 1 aromatic heterocycles. The summed E-state index contributed by atoms with van der Waals surface area (Å²) in [5.41, 5.74) is 2.40. The molecule has 1 N–H and O–H groups in total. The van der Waals surface area contributed by atoms with Gasteiger partial charge in [0.25, 0.3) is 0 Å². The number of carbonyl (C=O) groups excluding carboxylic acids is 2. The van der Waals surface area contributed by atoms with Crippen molar-refractivity contribution >= 4 is 17.7 Å². The number of amides is 2. The molecule has 0 radical (unpaired) electrons. The van der Waals surface area contributed by atoms with Crippen LogP contribution < -0.4 is 5.32 Å². The van der Waals surface area contributed by atoms with Crippen LogP contribution in [0.4, 0.5) is 10.5 Å². The van der Waals surface area contributed by atoms with Gasteiger partial charge in [0, 0.05) is 12.2 Å². The summed E-state index contributed by atoms with van der Waals surface area (Å²) in [5, 5.41) is 13.9. The van der Waals surface area contributed by atoms with Crippen LogP contribution in [0.2, 0.25) is 0 Å². The summed E-state index contributed by atoms with van der Waals surface area (Å²) in [6.45, 7) is 2.44. The number of aromatic nitrogens is 4. The van der Waals surface area contributed by atoms with Gasteiger partial charge in [0.1, 0.15) is 12.4 Å². The van der Waals surface area contributed by atoms with E-state index >= 15 is 0 Å². The molecular formula is C15H18N6O3. The van der Waals surface area contributed by atoms with Crippen molar-refractivity contribution in [1.29, 1.82) is 0 Å². The number of tetrazole rings is 1. The Balaban J connectivity index is 1.73. The van der Waals surface area contributed by atoms with Crippen LogP contribution in [0.1, 0.15) is 18.4 Å². The summed E-state index contributed by atoms with van der Waals surface area (Å²) < 4.78 is 6.28. The molecule has 2 aromatic rings. The predicted octanol–water partition coefficient (Wildman–Crippen LogP) is 1.14. The molecule has 1 saturated heterocycles. The number of hydrogen-bond donors (Lipinski definition) is 1. The van der Waals surface area contributed by atoms with Gasteiger partial charge in [0.05, 0.1) is 12.8 Å². The van der Waals surface area contributed by atoms with Gasteiger partial charge >= 0.3 is 6.09 Å². The molecule has 0 saturated carbocycles. The molecule has 24 heavy (non-hydrogen) atoms. The Labute approximate surface area is 138 Å². The van der Waals surface area contributed by atoms with Gasteiger partial charge in [0.2, 0.25) is 5.91 Å². The largest absolute Gasteiger partial charge is 0.453 e. The smallest absolute Gasteiger partial charge is 0.410 e. The van der Waals surface area contributed by atoms with Crippen molar-refractivity contribution < 1.29 is 14.3 Å². The lowest BCUT2D eigenvalue weighted by Crippen LogP contribution is -2.43. The number of rotatable bonds is 3. The first-order chi connectivity index (χ1) is 11.6. The lowest BCUT2D eigenvalue weighted by Gasteiger charge is -2.22. The quantitative estimate of drug-likeness (QED) is 0.905. The predicted molar refractivity (Wildman–Crippen MR) is 84.7 cm³/mol. The minimum atomic E-state index is -0.503. The second-order valence-electron chi connectivity index (χ2n) is 5.57. The molecule has 1 aliphatic heterocycles. The van der Waals surface area contributed by atoms with E-state index in [-0.39, 0.29) is 5.91 Å². The third-order valence-electron chi connectivity index (χ3n) is 4.02. The number of anilines is 1. The maximum absolute atomic E-state index is 12.5. The first-order valence-electron chi connectivity index (χ1n) is 7.59. The number of ether oxygens (including phenoxy) is 1. The van der Waals surface area contributed by atoms with Gasteiger partial charge in [-0.05, 0) is 54.0 Å². The van der Waals surface area contributed by atoms with E-state index in [0.29, 0.717) is 18.7 Å². The molecule has 126 valence electrons. The van der Waals surface area contributed by atoms with E-state index in [2.05, 4.69) is 20.8 Å². The van der Waals surface area contributed by atoms with Crippen molar-refractivity contribution in [2.45, 2.75) is 25.8 Å². The van der Waals surface area contributed by atoms with Gasteiger partial charge in [-0.3, -0.25) is 9.69 Å². The van der Waals surface area contributed by atoms with Crippen LogP contribution >= 0.6 is 0 Å². The van der Waals surface area contributed by atoms with E-state index in [4.69, 9.17) is 4.74 Å². The maximum atomic E-state index is 12.5. The number of aryl methyl sites for hydroxylation is 1. The van der Waals surface area contributed by atoms with Crippen LogP contribution in [0.25, 0.3) is 5.69 Å². The van der Waals surface area contributed by atoms with Gasteiger partial charge in [-0.2, -0.15) is 0 Å². The van der Waals surface area contributed by atoms with Crippen molar-refractivity contribution in [3.05, 3.63) is 30.1 Å². The molecule has 9 nitrogen and oxygen atoms in total. The van der Waals surface area contributed by atoms with Crippen LogP contribution in [0.3, 0.4) is 0 Å². The van der Waals surface area contributed by atoms with Crippen LogP contribution in [-0.2, 0) is 9.53 Å². The lowest BCUT2D eigenvalue weighted by atomic mass is 10.1. The number of nitrogens with one attached hydrogen (secondary N) is 1. The summed E-state index contributed by atoms with van der Waals surface area (Å²) >= 11 is 0. The fourth-order valence-electron chi connectivity index (χ4n) is 2.86. The number of hydrogen-bond acceptors (Lipinski definition) is 6. The summed E-state index contributed by atoms with van der Waals surface area (Å²) in [4.78, 5) is 25.6. The molecular weight excluding hydrogens is 312 g/mol. The Bertz CT molecular complexity index is 746. The minimum absolute atomic E-state index is 0.215. The second kappa shape index (κ2) is 6.65. The van der Waals surface area contributed by atoms with Crippen molar-refractivity contribution in [3.63, 3.8) is 0 Å². The van der Waals surface area contributed by atoms with E-state index in [9.17, 15) is 9.59 Å². The molecule has 1 aromatic carbocycles. The van der Waals surface area contributed by atoms with Crippen LogP contribution in [0.15, 0.2) is 24.5 Å². The Morgan fingerprint density at radius 1 is 1.38 bits per heavy atom. The first kappa shape index (κ1) is 15.9. The van der Waals surface area contributed by atoms with Gasteiger partial charge in [-0.15, -0.1) is 5.10 Å². The Hall–Kier alpha value is -2.97. The van der Waals surface area contributed by atoms with E-state index < -0.39 is 12.1 Å². The monoisotopic (exact) mass is 330 g/mol. The van der Waals surface area contributed by atoms with Crippen LogP contribution in [0.5, 0.6) is 0 Å². The average Bonchev–Trinajstić information content (AvgIpc) is 3.25. The highest BCUT2D eigenvalue weighted by molar-refractivity contribution is 5.97. The molecule has 2 heterocycles. The first-order valence-corrected chi connectivity index (χ1v) is 7.59. The summed E-state index contributed by atoms with van der Waals surface area (Å²) in [5.74, 6) is -0.215. The summed E-state index contributed by atoms with van der Waals surface area (Å²) in [7, 11) is 1.32. The molecule has 1 fully saturated rings. The van der Waals surface area contributed by atoms with Crippen LogP contribution in [-0.4, -0.2) is 56.8 Å². The molecule has 0 aliphatic carbocycles. The van der Waals surface area contributed by atoms with Gasteiger partial charge in [-0.1, -0.05) is 0 Å². The van der Waals surface area contributed by atoms with Crippen molar-refractivity contribution in [3.8, 4) is 5.69 Å². The fraction of sp³-hybridized carbons (Fsp3) is 0.400. The lowest BCUT2D eigenvalue weighted by molar-refractivity contribution is -0.119. The third-order valence-corrected chi connectivity index (χ3v) is 4.02. The maximum Gasteiger partial charge on any atom is 0.410 e. The van der Waals surface area contributed by atoms with Crippen molar-refractivity contribution in [2.75, 3.05) is 19.0 Å². The van der Waals surface area contributed by atoms with Gasteiger partial charge in [0.15, 0.2) is 0 Å². The van der Waals surface area contributed by atoms with Crippen molar-refractivity contribution in [2.24, 2.45) is 0 Å². The molecule has 0 unspecified atom stereocenters. The fourth-order valence-corrected chi connectivity index (χ4v) is 2.86. The number of nitrogens with zero attached hydrogens (tertiary/aromatic N) is 5. The Kier molecular flexibility index (Phi) is 4.41. The molecule has 3 rings (SSSR count). The summed E-state index contributed by atoms with van der Waals surface area (Å²) in [6, 6.07) is 4.94. The molecule has 0 spiro atoms. The minimum Gasteiger partial charge on any atom is -0.453 e. The molecule has 1 aliphatic rings. The second-order valence-corrected chi connectivity index (χ2v) is 5.57.